The van der Waals surface area contributed by atoms with E-state index in [-0.39, 0.29) is 24.5 Å². The highest BCUT2D eigenvalue weighted by molar-refractivity contribution is 5.79. The van der Waals surface area contributed by atoms with E-state index in [2.05, 4.69) is 16.0 Å². The number of aliphatic carboxylic acids is 1. The smallest absolute Gasteiger partial charge is 0.315 e. The molecule has 1 aliphatic heterocycles. The van der Waals surface area contributed by atoms with Crippen LogP contribution in [-0.4, -0.2) is 42.1 Å². The van der Waals surface area contributed by atoms with E-state index in [1.54, 1.807) is 0 Å². The Kier molecular flexibility index (Phi) is 4.46. The highest BCUT2D eigenvalue weighted by atomic mass is 16.4. The lowest BCUT2D eigenvalue weighted by Gasteiger charge is -2.26. The number of urea groups is 1. The van der Waals surface area contributed by atoms with Crippen molar-refractivity contribution in [2.75, 3.05) is 13.1 Å². The third-order valence-corrected chi connectivity index (χ3v) is 4.20. The van der Waals surface area contributed by atoms with Gasteiger partial charge in [-0.3, -0.25) is 9.59 Å². The van der Waals surface area contributed by atoms with Crippen LogP contribution in [0.4, 0.5) is 4.79 Å². The quantitative estimate of drug-likeness (QED) is 0.591. The van der Waals surface area contributed by atoms with Gasteiger partial charge >= 0.3 is 12.0 Å². The minimum absolute atomic E-state index is 0.000700. The fourth-order valence-corrected chi connectivity index (χ4v) is 2.86. The average molecular weight is 283 g/mol. The summed E-state index contributed by atoms with van der Waals surface area (Å²) in [5.74, 6) is -0.834. The summed E-state index contributed by atoms with van der Waals surface area (Å²) in [4.78, 5) is 34.1. The topological polar surface area (TPSA) is 108 Å². The van der Waals surface area contributed by atoms with Crippen molar-refractivity contribution in [2.24, 2.45) is 5.41 Å². The fraction of sp³-hybridized carbons (Fsp3) is 0.769. The van der Waals surface area contributed by atoms with Crippen molar-refractivity contribution < 1.29 is 19.5 Å². The summed E-state index contributed by atoms with van der Waals surface area (Å²) in [6.07, 6.45) is 4.03. The lowest BCUT2D eigenvalue weighted by Crippen LogP contribution is -2.52. The van der Waals surface area contributed by atoms with Gasteiger partial charge in [0.2, 0.25) is 5.91 Å². The van der Waals surface area contributed by atoms with Crippen LogP contribution >= 0.6 is 0 Å². The molecule has 1 heterocycles. The van der Waals surface area contributed by atoms with Gasteiger partial charge in [-0.1, -0.05) is 12.8 Å². The number of carbonyl (C=O) groups excluding carboxylic acids is 2. The molecule has 1 aliphatic carbocycles. The number of carboxylic acid groups (broad SMARTS) is 1. The highest BCUT2D eigenvalue weighted by Crippen LogP contribution is 2.37. The summed E-state index contributed by atoms with van der Waals surface area (Å²) in [7, 11) is 0. The molecule has 0 radical (unpaired) electrons. The number of amides is 3. The monoisotopic (exact) mass is 283 g/mol. The van der Waals surface area contributed by atoms with Crippen LogP contribution < -0.4 is 16.0 Å². The largest absolute Gasteiger partial charge is 0.481 e. The minimum atomic E-state index is -0.833. The van der Waals surface area contributed by atoms with Gasteiger partial charge in [0.15, 0.2) is 0 Å². The second kappa shape index (κ2) is 6.11. The van der Waals surface area contributed by atoms with E-state index in [0.717, 1.165) is 12.8 Å². The highest BCUT2D eigenvalue weighted by Gasteiger charge is 2.41. The summed E-state index contributed by atoms with van der Waals surface area (Å²) in [5.41, 5.74) is -0.807. The lowest BCUT2D eigenvalue weighted by molar-refractivity contribution is -0.148. The van der Waals surface area contributed by atoms with Crippen molar-refractivity contribution in [3.05, 3.63) is 0 Å². The van der Waals surface area contributed by atoms with Gasteiger partial charge in [-0.2, -0.15) is 0 Å². The Morgan fingerprint density at radius 2 is 2.05 bits per heavy atom. The Labute approximate surface area is 117 Å². The molecular formula is C13H21N3O4. The number of rotatable bonds is 4. The van der Waals surface area contributed by atoms with Crippen molar-refractivity contribution in [3.63, 3.8) is 0 Å². The molecule has 7 heteroatoms. The first-order valence-electron chi connectivity index (χ1n) is 7.06. The van der Waals surface area contributed by atoms with E-state index in [0.29, 0.717) is 32.2 Å². The Morgan fingerprint density at radius 3 is 2.60 bits per heavy atom. The summed E-state index contributed by atoms with van der Waals surface area (Å²) < 4.78 is 0. The van der Waals surface area contributed by atoms with Crippen LogP contribution in [0.1, 0.15) is 38.5 Å². The van der Waals surface area contributed by atoms with Crippen LogP contribution in [0.2, 0.25) is 0 Å². The van der Waals surface area contributed by atoms with Crippen molar-refractivity contribution in [1.29, 1.82) is 0 Å². The van der Waals surface area contributed by atoms with Crippen molar-refractivity contribution >= 4 is 17.9 Å². The van der Waals surface area contributed by atoms with Gasteiger partial charge in [0.05, 0.1) is 5.41 Å². The first kappa shape index (κ1) is 14.6. The van der Waals surface area contributed by atoms with Crippen molar-refractivity contribution in [2.45, 2.75) is 44.6 Å². The Bertz CT molecular complexity index is 394. The second-order valence-corrected chi connectivity index (χ2v) is 5.66. The van der Waals surface area contributed by atoms with Crippen LogP contribution in [0.3, 0.4) is 0 Å². The number of carbonyl (C=O) groups is 3. The van der Waals surface area contributed by atoms with E-state index in [1.165, 1.54) is 0 Å². The number of nitrogens with one attached hydrogen (secondary N) is 3. The first-order valence-corrected chi connectivity index (χ1v) is 7.06. The SMILES string of the molecule is O=C1CCC(NC(=O)NCC2(C(=O)O)CCCC2)CN1. The van der Waals surface area contributed by atoms with Crippen LogP contribution in [0.5, 0.6) is 0 Å². The van der Waals surface area contributed by atoms with Gasteiger partial charge in [-0.05, 0) is 19.3 Å². The average Bonchev–Trinajstić information content (AvgIpc) is 2.89. The number of carboxylic acids is 1. The van der Waals surface area contributed by atoms with Crippen LogP contribution in [-0.2, 0) is 9.59 Å². The molecule has 3 amide bonds. The van der Waals surface area contributed by atoms with Crippen molar-refractivity contribution in [1.82, 2.24) is 16.0 Å². The minimum Gasteiger partial charge on any atom is -0.481 e. The maximum Gasteiger partial charge on any atom is 0.315 e. The summed E-state index contributed by atoms with van der Waals surface area (Å²) >= 11 is 0. The molecule has 0 bridgehead atoms. The number of hydrogen-bond acceptors (Lipinski definition) is 3. The predicted octanol–water partition coefficient (Wildman–Crippen LogP) is 0.209. The molecule has 20 heavy (non-hydrogen) atoms. The fourth-order valence-electron chi connectivity index (χ4n) is 2.86. The maximum atomic E-state index is 11.8. The molecular weight excluding hydrogens is 262 g/mol. The number of hydrogen-bond donors (Lipinski definition) is 4. The van der Waals surface area contributed by atoms with Crippen LogP contribution in [0, 0.1) is 5.41 Å². The van der Waals surface area contributed by atoms with Crippen molar-refractivity contribution in [3.8, 4) is 0 Å². The molecule has 7 nitrogen and oxygen atoms in total. The molecule has 4 N–H and O–H groups in total. The molecule has 2 fully saturated rings. The van der Waals surface area contributed by atoms with Crippen LogP contribution in [0.25, 0.3) is 0 Å². The van der Waals surface area contributed by atoms with E-state index in [1.807, 2.05) is 0 Å². The molecule has 1 unspecified atom stereocenters. The standard InChI is InChI=1S/C13H21N3O4/c17-10-4-3-9(7-14-10)16-12(20)15-8-13(11(18)19)5-1-2-6-13/h9H,1-8H2,(H,14,17)(H,18,19)(H2,15,16,20). The summed E-state index contributed by atoms with van der Waals surface area (Å²) in [6, 6.07) is -0.448. The molecule has 1 saturated heterocycles. The third-order valence-electron chi connectivity index (χ3n) is 4.20. The van der Waals surface area contributed by atoms with Gasteiger partial charge < -0.3 is 21.1 Å². The van der Waals surface area contributed by atoms with Crippen LogP contribution in [0.15, 0.2) is 0 Å². The Morgan fingerprint density at radius 1 is 1.35 bits per heavy atom. The van der Waals surface area contributed by atoms with Gasteiger partial charge in [0, 0.05) is 25.6 Å². The summed E-state index contributed by atoms with van der Waals surface area (Å²) in [6.45, 7) is 0.587. The Hall–Kier alpha value is -1.79. The normalized spacial score (nSPS) is 24.8. The van der Waals surface area contributed by atoms with Gasteiger partial charge in [-0.15, -0.1) is 0 Å². The third kappa shape index (κ3) is 3.40. The van der Waals surface area contributed by atoms with Gasteiger partial charge in [0.1, 0.15) is 0 Å². The zero-order valence-electron chi connectivity index (χ0n) is 11.4. The number of piperidine rings is 1. The second-order valence-electron chi connectivity index (χ2n) is 5.66. The van der Waals surface area contributed by atoms with Gasteiger partial charge in [-0.25, -0.2) is 4.79 Å². The zero-order valence-corrected chi connectivity index (χ0v) is 11.4. The van der Waals surface area contributed by atoms with E-state index in [9.17, 15) is 19.5 Å². The first-order chi connectivity index (χ1) is 9.52. The predicted molar refractivity (Wildman–Crippen MR) is 71.1 cm³/mol. The molecule has 2 aliphatic rings. The molecule has 112 valence electrons. The van der Waals surface area contributed by atoms with Gasteiger partial charge in [0.25, 0.3) is 0 Å². The molecule has 0 aromatic heterocycles. The van der Waals surface area contributed by atoms with E-state index in [4.69, 9.17) is 0 Å². The molecule has 1 atom stereocenters. The maximum absolute atomic E-state index is 11.8. The lowest BCUT2D eigenvalue weighted by atomic mass is 9.86. The molecule has 2 rings (SSSR count). The van der Waals surface area contributed by atoms with E-state index < -0.39 is 11.4 Å². The molecule has 0 spiro atoms. The van der Waals surface area contributed by atoms with E-state index >= 15 is 0 Å². The zero-order chi connectivity index (χ0) is 14.6. The summed E-state index contributed by atoms with van der Waals surface area (Å²) in [5, 5.41) is 17.4. The molecule has 0 aromatic rings. The molecule has 1 saturated carbocycles. The Balaban J connectivity index is 1.77. The molecule has 0 aromatic carbocycles.